The number of ether oxygens (including phenoxy) is 1. The molecule has 1 aromatic heterocycles. The van der Waals surface area contributed by atoms with Gasteiger partial charge in [-0.15, -0.1) is 0 Å². The third-order valence-corrected chi connectivity index (χ3v) is 3.86. The highest BCUT2D eigenvalue weighted by Gasteiger charge is 2.14. The first kappa shape index (κ1) is 18.2. The molecule has 0 bridgehead atoms. The predicted octanol–water partition coefficient (Wildman–Crippen LogP) is 3.77. The highest BCUT2D eigenvalue weighted by Crippen LogP contribution is 2.25. The van der Waals surface area contributed by atoms with Crippen molar-refractivity contribution >= 4 is 12.2 Å². The third kappa shape index (κ3) is 4.52. The smallest absolute Gasteiger partial charge is 0.335 e. The van der Waals surface area contributed by atoms with E-state index in [4.69, 9.17) is 14.7 Å². The van der Waals surface area contributed by atoms with Gasteiger partial charge in [-0.1, -0.05) is 35.5 Å². The van der Waals surface area contributed by atoms with Crippen LogP contribution >= 0.6 is 0 Å². The van der Waals surface area contributed by atoms with Crippen molar-refractivity contribution in [1.29, 1.82) is 0 Å². The van der Waals surface area contributed by atoms with E-state index in [1.165, 1.54) is 12.1 Å². The van der Waals surface area contributed by atoms with Gasteiger partial charge in [0.05, 0.1) is 23.0 Å². The summed E-state index contributed by atoms with van der Waals surface area (Å²) in [5.41, 5.74) is 2.54. The Balaban J connectivity index is 1.67. The second-order valence-corrected chi connectivity index (χ2v) is 5.85. The van der Waals surface area contributed by atoms with Crippen LogP contribution in [0.3, 0.4) is 0 Å². The van der Waals surface area contributed by atoms with E-state index in [0.29, 0.717) is 11.6 Å². The maximum absolute atomic E-state index is 10.9. The minimum atomic E-state index is -0.960. The zero-order chi connectivity index (χ0) is 19.2. The van der Waals surface area contributed by atoms with Gasteiger partial charge >= 0.3 is 5.97 Å². The van der Waals surface area contributed by atoms with Gasteiger partial charge in [0.2, 0.25) is 5.88 Å². The lowest BCUT2D eigenvalue weighted by Gasteiger charge is -2.06. The lowest BCUT2D eigenvalue weighted by molar-refractivity contribution is 0.0696. The zero-order valence-corrected chi connectivity index (χ0v) is 15.0. The van der Waals surface area contributed by atoms with Crippen LogP contribution in [-0.4, -0.2) is 27.1 Å². The molecule has 0 aliphatic rings. The van der Waals surface area contributed by atoms with Gasteiger partial charge in [-0.25, -0.2) is 9.48 Å². The summed E-state index contributed by atoms with van der Waals surface area (Å²) in [5.74, 6) is 0.310. The number of hydrogen-bond acceptors (Lipinski definition) is 5. The summed E-state index contributed by atoms with van der Waals surface area (Å²) in [4.78, 5) is 16.2. The van der Waals surface area contributed by atoms with Gasteiger partial charge in [0.25, 0.3) is 0 Å². The van der Waals surface area contributed by atoms with Crippen molar-refractivity contribution < 1.29 is 19.5 Å². The molecule has 0 saturated carbocycles. The maximum Gasteiger partial charge on any atom is 0.335 e. The topological polar surface area (TPSA) is 85.9 Å². The second kappa shape index (κ2) is 8.18. The molecule has 0 aliphatic heterocycles. The number of oxime groups is 1. The molecule has 3 aromatic rings. The Bertz CT molecular complexity index is 947. The highest BCUT2D eigenvalue weighted by atomic mass is 16.6. The fourth-order valence-electron chi connectivity index (χ4n) is 2.47. The van der Waals surface area contributed by atoms with E-state index in [0.717, 1.165) is 16.8 Å². The highest BCUT2D eigenvalue weighted by molar-refractivity contribution is 5.87. The molecule has 0 atom stereocenters. The molecule has 0 spiro atoms. The standard InChI is InChI=1S/C20H19N3O4/c1-14-18(19(23(2)22-14)27-17-6-4-3-5-7-17)12-21-26-13-15-8-10-16(11-9-15)20(24)25/h3-12H,13H2,1-2H3,(H,24,25). The lowest BCUT2D eigenvalue weighted by atomic mass is 10.1. The molecular formula is C20H19N3O4. The number of nitrogens with zero attached hydrogens (tertiary/aromatic N) is 3. The van der Waals surface area contributed by atoms with E-state index in [1.807, 2.05) is 37.3 Å². The van der Waals surface area contributed by atoms with Crippen molar-refractivity contribution in [2.24, 2.45) is 12.2 Å². The average Bonchev–Trinajstić information content (AvgIpc) is 2.93. The Morgan fingerprint density at radius 1 is 1.19 bits per heavy atom. The van der Waals surface area contributed by atoms with Crippen molar-refractivity contribution in [3.05, 3.63) is 77.0 Å². The molecular weight excluding hydrogens is 346 g/mol. The molecule has 0 radical (unpaired) electrons. The number of carboxylic acid groups (broad SMARTS) is 1. The van der Waals surface area contributed by atoms with Crippen LogP contribution in [0.25, 0.3) is 0 Å². The van der Waals surface area contributed by atoms with Crippen LogP contribution in [-0.2, 0) is 18.5 Å². The van der Waals surface area contributed by atoms with Crippen LogP contribution in [0.5, 0.6) is 11.6 Å². The molecule has 0 aliphatic carbocycles. The summed E-state index contributed by atoms with van der Waals surface area (Å²) in [5, 5.41) is 17.3. The van der Waals surface area contributed by atoms with Crippen molar-refractivity contribution in [3.63, 3.8) is 0 Å². The summed E-state index contributed by atoms with van der Waals surface area (Å²) in [6.07, 6.45) is 1.56. The molecule has 0 unspecified atom stereocenters. The average molecular weight is 365 g/mol. The van der Waals surface area contributed by atoms with Crippen molar-refractivity contribution in [2.75, 3.05) is 0 Å². The number of para-hydroxylation sites is 1. The maximum atomic E-state index is 10.9. The van der Waals surface area contributed by atoms with Gasteiger partial charge in [-0.2, -0.15) is 5.10 Å². The molecule has 3 rings (SSSR count). The van der Waals surface area contributed by atoms with E-state index >= 15 is 0 Å². The summed E-state index contributed by atoms with van der Waals surface area (Å²) in [6, 6.07) is 15.9. The molecule has 1 N–H and O–H groups in total. The number of aryl methyl sites for hydroxylation is 2. The molecule has 7 heteroatoms. The molecule has 138 valence electrons. The third-order valence-electron chi connectivity index (χ3n) is 3.86. The number of hydrogen-bond donors (Lipinski definition) is 1. The Morgan fingerprint density at radius 3 is 2.56 bits per heavy atom. The van der Waals surface area contributed by atoms with Gasteiger partial charge in [0.1, 0.15) is 12.4 Å². The van der Waals surface area contributed by atoms with Crippen LogP contribution < -0.4 is 4.74 Å². The molecule has 0 fully saturated rings. The quantitative estimate of drug-likeness (QED) is 0.509. The van der Waals surface area contributed by atoms with Crippen molar-refractivity contribution in [2.45, 2.75) is 13.5 Å². The predicted molar refractivity (Wildman–Crippen MR) is 100 cm³/mol. The molecule has 0 saturated heterocycles. The first-order chi connectivity index (χ1) is 13.0. The Hall–Kier alpha value is -3.61. The summed E-state index contributed by atoms with van der Waals surface area (Å²) in [7, 11) is 1.80. The monoisotopic (exact) mass is 365 g/mol. The second-order valence-electron chi connectivity index (χ2n) is 5.85. The minimum absolute atomic E-state index is 0.227. The molecule has 27 heavy (non-hydrogen) atoms. The van der Waals surface area contributed by atoms with Crippen molar-refractivity contribution in [1.82, 2.24) is 9.78 Å². The minimum Gasteiger partial charge on any atom is -0.478 e. The number of rotatable bonds is 7. The van der Waals surface area contributed by atoms with Crippen LogP contribution in [0.1, 0.15) is 27.2 Å². The SMILES string of the molecule is Cc1nn(C)c(Oc2ccccc2)c1C=NOCc1ccc(C(=O)O)cc1. The fourth-order valence-corrected chi connectivity index (χ4v) is 2.47. The van der Waals surface area contributed by atoms with Gasteiger partial charge in [-0.05, 0) is 36.8 Å². The summed E-state index contributed by atoms with van der Waals surface area (Å²) >= 11 is 0. The number of carbonyl (C=O) groups is 1. The van der Waals surface area contributed by atoms with E-state index in [1.54, 1.807) is 30.1 Å². The number of aromatic nitrogens is 2. The van der Waals surface area contributed by atoms with Crippen LogP contribution in [0, 0.1) is 6.92 Å². The van der Waals surface area contributed by atoms with Gasteiger partial charge in [0.15, 0.2) is 0 Å². The lowest BCUT2D eigenvalue weighted by Crippen LogP contribution is -1.97. The number of benzene rings is 2. The van der Waals surface area contributed by atoms with Crippen molar-refractivity contribution in [3.8, 4) is 11.6 Å². The summed E-state index contributed by atoms with van der Waals surface area (Å²) < 4.78 is 7.56. The Labute approximate surface area is 156 Å². The van der Waals surface area contributed by atoms with Gasteiger partial charge in [-0.3, -0.25) is 0 Å². The normalized spacial score (nSPS) is 10.9. The zero-order valence-electron chi connectivity index (χ0n) is 15.0. The number of carboxylic acids is 1. The molecule has 2 aromatic carbocycles. The van der Waals surface area contributed by atoms with E-state index in [9.17, 15) is 4.79 Å². The number of aromatic carboxylic acids is 1. The Kier molecular flexibility index (Phi) is 5.51. The van der Waals surface area contributed by atoms with E-state index < -0.39 is 5.97 Å². The fraction of sp³-hybridized carbons (Fsp3) is 0.150. The summed E-state index contributed by atoms with van der Waals surface area (Å²) in [6.45, 7) is 2.09. The molecule has 7 nitrogen and oxygen atoms in total. The van der Waals surface area contributed by atoms with E-state index in [-0.39, 0.29) is 12.2 Å². The largest absolute Gasteiger partial charge is 0.478 e. The molecule has 1 heterocycles. The van der Waals surface area contributed by atoms with Crippen LogP contribution in [0.4, 0.5) is 0 Å². The van der Waals surface area contributed by atoms with Crippen LogP contribution in [0.2, 0.25) is 0 Å². The first-order valence-corrected chi connectivity index (χ1v) is 8.28. The van der Waals surface area contributed by atoms with Gasteiger partial charge in [0, 0.05) is 7.05 Å². The first-order valence-electron chi connectivity index (χ1n) is 8.28. The van der Waals surface area contributed by atoms with Gasteiger partial charge < -0.3 is 14.7 Å². The van der Waals surface area contributed by atoms with Crippen LogP contribution in [0.15, 0.2) is 59.8 Å². The molecule has 0 amide bonds. The van der Waals surface area contributed by atoms with E-state index in [2.05, 4.69) is 10.3 Å². The Morgan fingerprint density at radius 2 is 1.89 bits per heavy atom.